The number of hydrogen-bond donors (Lipinski definition) is 0. The molecule has 58 heavy (non-hydrogen) atoms. The Balaban J connectivity index is 0.000000145. The van der Waals surface area contributed by atoms with E-state index in [0.29, 0.717) is 0 Å². The van der Waals surface area contributed by atoms with Gasteiger partial charge in [-0.2, -0.15) is 0 Å². The molecule has 0 heterocycles. The van der Waals surface area contributed by atoms with E-state index in [0.717, 1.165) is 0 Å². The van der Waals surface area contributed by atoms with E-state index in [4.69, 9.17) is 0 Å². The molecular weight excluding hydrogens is 805 g/mol. The van der Waals surface area contributed by atoms with Gasteiger partial charge in [-0.05, 0) is 109 Å². The van der Waals surface area contributed by atoms with Crippen LogP contribution in [0.5, 0.6) is 0 Å². The van der Waals surface area contributed by atoms with Crippen LogP contribution in [0.1, 0.15) is 0 Å². The maximum Gasteiger partial charge on any atom is 0.102 e. The molecule has 0 spiro atoms. The monoisotopic (exact) mass is 852 g/mol. The standard InChI is InChI=1S/3C18H15P.Cu/c3*1-4-10-16(11-5-1)19(17-12-6-2-7-13-17)18-14-8-3-9-15-18;/h3*1-15H;/p+3. The predicted octanol–water partition coefficient (Wildman–Crippen LogP) is 9.53. The number of benzene rings is 9. The molecule has 0 amide bonds. The van der Waals surface area contributed by atoms with Crippen LogP contribution in [-0.2, 0) is 17.1 Å². The van der Waals surface area contributed by atoms with E-state index in [9.17, 15) is 0 Å². The summed E-state index contributed by atoms with van der Waals surface area (Å²) >= 11 is 0. The molecule has 9 aromatic rings. The Bertz CT molecular complexity index is 1860. The predicted molar refractivity (Wildman–Crippen MR) is 260 cm³/mol. The van der Waals surface area contributed by atoms with Crippen LogP contribution in [0.25, 0.3) is 0 Å². The molecule has 0 fully saturated rings. The fraction of sp³-hybridized carbons (Fsp3) is 0. The summed E-state index contributed by atoms with van der Waals surface area (Å²) in [7, 11) is -2.63. The van der Waals surface area contributed by atoms with Crippen LogP contribution in [0.4, 0.5) is 0 Å². The van der Waals surface area contributed by atoms with Crippen LogP contribution in [0, 0.1) is 0 Å². The van der Waals surface area contributed by atoms with E-state index < -0.39 is 23.8 Å². The summed E-state index contributed by atoms with van der Waals surface area (Å²) in [5.41, 5.74) is 0. The molecule has 0 N–H and O–H groups in total. The molecule has 287 valence electrons. The van der Waals surface area contributed by atoms with Crippen LogP contribution in [0.2, 0.25) is 0 Å². The van der Waals surface area contributed by atoms with Crippen molar-refractivity contribution in [3.63, 3.8) is 0 Å². The first-order valence-electron chi connectivity index (χ1n) is 19.4. The molecule has 0 saturated heterocycles. The molecule has 0 aromatic heterocycles. The molecule has 4 heteroatoms. The fourth-order valence-corrected chi connectivity index (χ4v) is 14.7. The van der Waals surface area contributed by atoms with E-state index in [1.54, 1.807) is 0 Å². The van der Waals surface area contributed by atoms with Crippen LogP contribution in [-0.4, -0.2) is 0 Å². The van der Waals surface area contributed by atoms with Crippen molar-refractivity contribution in [1.82, 2.24) is 0 Å². The summed E-state index contributed by atoms with van der Waals surface area (Å²) in [4.78, 5) is 0. The second kappa shape index (κ2) is 23.3. The van der Waals surface area contributed by atoms with Crippen molar-refractivity contribution in [2.45, 2.75) is 0 Å². The molecule has 0 aliphatic rings. The molecule has 9 aromatic carbocycles. The first kappa shape index (κ1) is 42.4. The van der Waals surface area contributed by atoms with Gasteiger partial charge >= 0.3 is 0 Å². The summed E-state index contributed by atoms with van der Waals surface area (Å²) in [6, 6.07) is 97.5. The summed E-state index contributed by atoms with van der Waals surface area (Å²) in [6.07, 6.45) is 0. The average molecular weight is 853 g/mol. The third-order valence-corrected chi connectivity index (χ3v) is 17.8. The minimum Gasteiger partial charge on any atom is -0.0620 e. The summed E-state index contributed by atoms with van der Waals surface area (Å²) in [6.45, 7) is 0. The van der Waals surface area contributed by atoms with E-state index in [2.05, 4.69) is 273 Å². The number of hydrogen-bond acceptors (Lipinski definition) is 0. The quantitative estimate of drug-likeness (QED) is 0.100. The van der Waals surface area contributed by atoms with E-state index >= 15 is 0 Å². The molecule has 0 unspecified atom stereocenters. The van der Waals surface area contributed by atoms with Gasteiger partial charge < -0.3 is 0 Å². The van der Waals surface area contributed by atoms with Gasteiger partial charge in [-0.25, -0.2) is 0 Å². The summed E-state index contributed by atoms with van der Waals surface area (Å²) in [5.74, 6) is 0. The van der Waals surface area contributed by atoms with Crippen molar-refractivity contribution in [1.29, 1.82) is 0 Å². The normalized spacial score (nSPS) is 10.4. The smallest absolute Gasteiger partial charge is 0.0620 e. The van der Waals surface area contributed by atoms with Crippen molar-refractivity contribution in [3.05, 3.63) is 273 Å². The Morgan fingerprint density at radius 1 is 0.138 bits per heavy atom. The van der Waals surface area contributed by atoms with Gasteiger partial charge in [0.25, 0.3) is 0 Å². The topological polar surface area (TPSA) is 0 Å². The second-order valence-electron chi connectivity index (χ2n) is 13.4. The van der Waals surface area contributed by atoms with Crippen LogP contribution in [0.15, 0.2) is 273 Å². The van der Waals surface area contributed by atoms with Crippen molar-refractivity contribution in [2.24, 2.45) is 0 Å². The Morgan fingerprint density at radius 2 is 0.224 bits per heavy atom. The van der Waals surface area contributed by atoms with Gasteiger partial charge in [0.05, 0.1) is 23.8 Å². The minimum atomic E-state index is -0.877. The van der Waals surface area contributed by atoms with E-state index in [-0.39, 0.29) is 17.1 Å². The molecule has 0 nitrogen and oxygen atoms in total. The van der Waals surface area contributed by atoms with Gasteiger partial charge in [0.2, 0.25) is 0 Å². The first-order valence-corrected chi connectivity index (χ1v) is 23.9. The zero-order valence-electron chi connectivity index (χ0n) is 32.3. The van der Waals surface area contributed by atoms with Gasteiger partial charge in [0, 0.05) is 17.1 Å². The molecule has 0 aliphatic carbocycles. The minimum absolute atomic E-state index is 0. The third kappa shape index (κ3) is 11.9. The van der Waals surface area contributed by atoms with Gasteiger partial charge in [-0.3, -0.25) is 0 Å². The van der Waals surface area contributed by atoms with Gasteiger partial charge in [-0.15, -0.1) is 0 Å². The number of rotatable bonds is 9. The van der Waals surface area contributed by atoms with E-state index in [1.165, 1.54) is 47.7 Å². The molecule has 0 aliphatic heterocycles. The van der Waals surface area contributed by atoms with Crippen molar-refractivity contribution < 1.29 is 17.1 Å². The Hall–Kier alpha value is -5.21. The first-order chi connectivity index (χ1) is 28.3. The average Bonchev–Trinajstić information content (AvgIpc) is 3.30. The summed E-state index contributed by atoms with van der Waals surface area (Å²) in [5, 5.41) is 12.9. The van der Waals surface area contributed by atoms with Crippen LogP contribution in [0.3, 0.4) is 0 Å². The molecule has 0 saturated carbocycles. The van der Waals surface area contributed by atoms with Crippen LogP contribution < -0.4 is 47.7 Å². The van der Waals surface area contributed by atoms with Crippen molar-refractivity contribution >= 4 is 71.5 Å². The second-order valence-corrected chi connectivity index (χ2v) is 20.9. The summed E-state index contributed by atoms with van der Waals surface area (Å²) < 4.78 is 0. The SMILES string of the molecule is [Cu].c1ccc([PH+](c2ccccc2)c2ccccc2)cc1.c1ccc([PH+](c2ccccc2)c2ccccc2)cc1.c1ccc([PH+](c2ccccc2)c2ccccc2)cc1. The molecule has 0 atom stereocenters. The van der Waals surface area contributed by atoms with Gasteiger partial charge in [0.1, 0.15) is 47.7 Å². The Kier molecular flexibility index (Phi) is 17.0. The van der Waals surface area contributed by atoms with Gasteiger partial charge in [-0.1, -0.05) is 164 Å². The molecular formula is C54H48CuP3+3. The van der Waals surface area contributed by atoms with Crippen molar-refractivity contribution in [2.75, 3.05) is 0 Å². The Morgan fingerprint density at radius 3 is 0.310 bits per heavy atom. The third-order valence-electron chi connectivity index (χ3n) is 9.56. The van der Waals surface area contributed by atoms with Gasteiger partial charge in [0.15, 0.2) is 0 Å². The molecule has 9 rings (SSSR count). The molecule has 1 radical (unpaired) electrons. The fourth-order valence-electron chi connectivity index (χ4n) is 6.94. The largest absolute Gasteiger partial charge is 0.102 e. The zero-order valence-corrected chi connectivity index (χ0v) is 36.2. The Labute approximate surface area is 359 Å². The van der Waals surface area contributed by atoms with Crippen molar-refractivity contribution in [3.8, 4) is 0 Å². The zero-order chi connectivity index (χ0) is 38.7. The maximum atomic E-state index is 2.24. The maximum absolute atomic E-state index is 2.24. The van der Waals surface area contributed by atoms with Crippen LogP contribution >= 0.6 is 23.8 Å². The van der Waals surface area contributed by atoms with E-state index in [1.807, 2.05) is 0 Å². The molecule has 0 bridgehead atoms.